The number of likely N-dealkylation sites (N-methyl/N-ethyl adjacent to an activating group) is 2. The average molecular weight is 624 g/mol. The highest BCUT2D eigenvalue weighted by Crippen LogP contribution is 2.46. The second kappa shape index (κ2) is 14.5. The average Bonchev–Trinajstić information content (AvgIpc) is 3.37. The van der Waals surface area contributed by atoms with E-state index >= 15 is 0 Å². The Balaban J connectivity index is 1.36. The Morgan fingerprint density at radius 2 is 1.83 bits per heavy atom. The molecule has 46 heavy (non-hydrogen) atoms. The quantitative estimate of drug-likeness (QED) is 0.360. The van der Waals surface area contributed by atoms with E-state index in [0.717, 1.165) is 34.4 Å². The number of fused-ring (bicyclic) bond motifs is 2. The van der Waals surface area contributed by atoms with Gasteiger partial charge < -0.3 is 19.6 Å². The van der Waals surface area contributed by atoms with Crippen LogP contribution in [-0.4, -0.2) is 89.6 Å². The second-order valence-corrected chi connectivity index (χ2v) is 12.0. The molecule has 0 bridgehead atoms. The van der Waals surface area contributed by atoms with Crippen LogP contribution in [0.3, 0.4) is 0 Å². The lowest BCUT2D eigenvalue weighted by Gasteiger charge is -2.38. The molecule has 5 rings (SSSR count). The Morgan fingerprint density at radius 3 is 2.57 bits per heavy atom. The van der Waals surface area contributed by atoms with Gasteiger partial charge in [0.1, 0.15) is 25.2 Å². The normalized spacial score (nSPS) is 20.1. The first kappa shape index (κ1) is 32.5. The number of hydrogen-bond acceptors (Lipinski definition) is 5. The van der Waals surface area contributed by atoms with Gasteiger partial charge in [-0.2, -0.15) is 0 Å². The minimum atomic E-state index is -1.15. The van der Waals surface area contributed by atoms with Gasteiger partial charge in [0.15, 0.2) is 0 Å². The summed E-state index contributed by atoms with van der Waals surface area (Å²) in [6.07, 6.45) is 12.0. The Bertz CT molecular complexity index is 1590. The number of rotatable bonds is 10. The SMILES string of the molecule is C=Cc1ccc(C[C@@H](C(=O)N(C)CC(=O)O)N2CC/C=C\C[C@H](N(C)C(=O)OCC3C4=C(C=CCC4)c4ccccc43)C2=O)cc1. The Labute approximate surface area is 270 Å². The highest BCUT2D eigenvalue weighted by atomic mass is 16.6. The molecule has 0 spiro atoms. The maximum atomic E-state index is 14.3. The summed E-state index contributed by atoms with van der Waals surface area (Å²) in [6, 6.07) is 13.8. The molecular weight excluding hydrogens is 582 g/mol. The topological polar surface area (TPSA) is 107 Å². The molecule has 2 aromatic carbocycles. The molecule has 3 amide bonds. The number of nitrogens with zero attached hydrogens (tertiary/aromatic N) is 3. The Morgan fingerprint density at radius 1 is 1.07 bits per heavy atom. The van der Waals surface area contributed by atoms with Gasteiger partial charge in [0.25, 0.3) is 0 Å². The molecule has 1 heterocycles. The largest absolute Gasteiger partial charge is 0.480 e. The van der Waals surface area contributed by atoms with Crippen molar-refractivity contribution in [3.05, 3.63) is 107 Å². The van der Waals surface area contributed by atoms with E-state index in [0.29, 0.717) is 6.42 Å². The van der Waals surface area contributed by atoms with Gasteiger partial charge >= 0.3 is 12.1 Å². The van der Waals surface area contributed by atoms with Crippen LogP contribution in [0.1, 0.15) is 53.9 Å². The number of carbonyl (C=O) groups excluding carboxylic acids is 3. The summed E-state index contributed by atoms with van der Waals surface area (Å²) in [5.74, 6) is -2.06. The van der Waals surface area contributed by atoms with Crippen molar-refractivity contribution < 1.29 is 29.0 Å². The summed E-state index contributed by atoms with van der Waals surface area (Å²) < 4.78 is 5.90. The van der Waals surface area contributed by atoms with Crippen LogP contribution in [0.2, 0.25) is 0 Å². The lowest BCUT2D eigenvalue weighted by molar-refractivity contribution is -0.150. The van der Waals surface area contributed by atoms with Crippen LogP contribution in [0.15, 0.2) is 85.0 Å². The van der Waals surface area contributed by atoms with E-state index in [2.05, 4.69) is 30.9 Å². The molecule has 2 aromatic rings. The molecule has 1 unspecified atom stereocenters. The van der Waals surface area contributed by atoms with Gasteiger partial charge in [-0.15, -0.1) is 0 Å². The molecule has 0 radical (unpaired) electrons. The standard InChI is InChI=1S/C37H41N3O6/c1-4-25-17-19-26(20-18-25)22-33(35(43)38(2)23-34(41)42)40-21-11-5-6-16-32(36(40)44)39(3)37(45)46-24-31-29-14-9-7-12-27(29)28-13-8-10-15-30(28)31/h4-9,12-14,17-20,31-33H,1,10-11,15-16,21-24H2,2-3H3,(H,41,42)/b6-5-/t31?,32-,33-/m0/s1. The van der Waals surface area contributed by atoms with Crippen molar-refractivity contribution >= 4 is 35.5 Å². The monoisotopic (exact) mass is 623 g/mol. The third kappa shape index (κ3) is 6.98. The van der Waals surface area contributed by atoms with Crippen LogP contribution in [0, 0.1) is 0 Å². The Kier molecular flexibility index (Phi) is 10.2. The molecule has 240 valence electrons. The van der Waals surface area contributed by atoms with Crippen LogP contribution < -0.4 is 0 Å². The zero-order valence-corrected chi connectivity index (χ0v) is 26.4. The summed E-state index contributed by atoms with van der Waals surface area (Å²) >= 11 is 0. The Hall–Kier alpha value is -4.92. The molecule has 0 saturated heterocycles. The summed E-state index contributed by atoms with van der Waals surface area (Å²) in [5, 5.41) is 9.37. The number of ether oxygens (including phenoxy) is 1. The highest BCUT2D eigenvalue weighted by Gasteiger charge is 2.39. The van der Waals surface area contributed by atoms with Crippen molar-refractivity contribution in [2.24, 2.45) is 0 Å². The smallest absolute Gasteiger partial charge is 0.410 e. The van der Waals surface area contributed by atoms with Gasteiger partial charge in [-0.05, 0) is 53.5 Å². The third-order valence-electron chi connectivity index (χ3n) is 9.07. The molecule has 1 aliphatic heterocycles. The number of amides is 3. The molecule has 9 nitrogen and oxygen atoms in total. The molecule has 0 saturated carbocycles. The van der Waals surface area contributed by atoms with Gasteiger partial charge in [-0.1, -0.05) is 91.1 Å². The first-order valence-electron chi connectivity index (χ1n) is 15.7. The number of carboxylic acid groups (broad SMARTS) is 1. The summed E-state index contributed by atoms with van der Waals surface area (Å²) in [5.41, 5.74) is 6.50. The van der Waals surface area contributed by atoms with Gasteiger partial charge in [0.05, 0.1) is 0 Å². The summed E-state index contributed by atoms with van der Waals surface area (Å²) in [6.45, 7) is 3.68. The van der Waals surface area contributed by atoms with Crippen molar-refractivity contribution in [1.82, 2.24) is 14.7 Å². The van der Waals surface area contributed by atoms with Crippen molar-refractivity contribution in [2.45, 2.75) is 50.1 Å². The van der Waals surface area contributed by atoms with Crippen molar-refractivity contribution in [1.29, 1.82) is 0 Å². The lowest BCUT2D eigenvalue weighted by Crippen LogP contribution is -2.57. The minimum absolute atomic E-state index is 0.0443. The molecule has 3 aliphatic rings. The van der Waals surface area contributed by atoms with E-state index < -0.39 is 36.6 Å². The van der Waals surface area contributed by atoms with Crippen LogP contribution in [0.5, 0.6) is 0 Å². The number of aliphatic carboxylic acids is 1. The number of benzene rings is 2. The van der Waals surface area contributed by atoms with Crippen LogP contribution in [0.25, 0.3) is 11.6 Å². The van der Waals surface area contributed by atoms with Crippen molar-refractivity contribution in [2.75, 3.05) is 33.8 Å². The van der Waals surface area contributed by atoms with E-state index in [9.17, 15) is 24.3 Å². The predicted molar refractivity (Wildman–Crippen MR) is 177 cm³/mol. The molecule has 1 N–H and O–H groups in total. The van der Waals surface area contributed by atoms with E-state index in [1.807, 2.05) is 48.6 Å². The van der Waals surface area contributed by atoms with E-state index in [-0.39, 0.29) is 37.8 Å². The molecular formula is C37H41N3O6. The van der Waals surface area contributed by atoms with Gasteiger partial charge in [0.2, 0.25) is 11.8 Å². The van der Waals surface area contributed by atoms with Gasteiger partial charge in [-0.25, -0.2) is 4.79 Å². The highest BCUT2D eigenvalue weighted by molar-refractivity contribution is 5.93. The van der Waals surface area contributed by atoms with Gasteiger partial charge in [-0.3, -0.25) is 19.3 Å². The van der Waals surface area contributed by atoms with Crippen LogP contribution in [-0.2, 0) is 25.5 Å². The fourth-order valence-corrected chi connectivity index (χ4v) is 6.59. The maximum Gasteiger partial charge on any atom is 0.410 e. The minimum Gasteiger partial charge on any atom is -0.480 e. The van der Waals surface area contributed by atoms with Crippen LogP contribution >= 0.6 is 0 Å². The zero-order valence-electron chi connectivity index (χ0n) is 26.4. The number of allylic oxidation sites excluding steroid dienone is 3. The summed E-state index contributed by atoms with van der Waals surface area (Å²) in [7, 11) is 2.97. The molecule has 0 fully saturated rings. The molecule has 9 heteroatoms. The maximum absolute atomic E-state index is 14.3. The van der Waals surface area contributed by atoms with Gasteiger partial charge in [0, 0.05) is 33.0 Å². The number of hydrogen-bond donors (Lipinski definition) is 1. The van der Waals surface area contributed by atoms with E-state index in [1.54, 1.807) is 13.1 Å². The zero-order chi connectivity index (χ0) is 32.8. The first-order chi connectivity index (χ1) is 22.2. The second-order valence-electron chi connectivity index (χ2n) is 12.0. The molecule has 2 aliphatic carbocycles. The van der Waals surface area contributed by atoms with E-state index in [4.69, 9.17) is 4.74 Å². The molecule has 3 atom stereocenters. The van der Waals surface area contributed by atoms with Crippen molar-refractivity contribution in [3.8, 4) is 0 Å². The first-order valence-corrected chi connectivity index (χ1v) is 15.7. The van der Waals surface area contributed by atoms with Crippen LogP contribution in [0.4, 0.5) is 4.79 Å². The third-order valence-corrected chi connectivity index (χ3v) is 9.07. The fourth-order valence-electron chi connectivity index (χ4n) is 6.59. The number of carbonyl (C=O) groups is 4. The van der Waals surface area contributed by atoms with Crippen molar-refractivity contribution in [3.63, 3.8) is 0 Å². The predicted octanol–water partition coefficient (Wildman–Crippen LogP) is 5.30. The number of carboxylic acids is 1. The fraction of sp³-hybridized carbons (Fsp3) is 0.351. The molecule has 0 aromatic heterocycles. The summed E-state index contributed by atoms with van der Waals surface area (Å²) in [4.78, 5) is 57.0. The lowest BCUT2D eigenvalue weighted by atomic mass is 9.91. The van der Waals surface area contributed by atoms with E-state index in [1.165, 1.54) is 33.6 Å².